The standard InChI is InChI=1S/C13H27NO2/c1-12(2)14-9-6-10-16-11-13(15)7-4-3-5-8-13/h12,14-15H,3-11H2,1-2H3. The Labute approximate surface area is 99.6 Å². The third kappa shape index (κ3) is 5.83. The zero-order chi connectivity index (χ0) is 11.9. The van der Waals surface area contributed by atoms with Gasteiger partial charge in [-0.2, -0.15) is 0 Å². The average Bonchev–Trinajstić information content (AvgIpc) is 2.24. The monoisotopic (exact) mass is 229 g/mol. The summed E-state index contributed by atoms with van der Waals surface area (Å²) in [7, 11) is 0. The number of nitrogens with one attached hydrogen (secondary N) is 1. The Balaban J connectivity index is 1.97. The molecular weight excluding hydrogens is 202 g/mol. The van der Waals surface area contributed by atoms with E-state index in [4.69, 9.17) is 4.74 Å². The molecule has 0 aromatic carbocycles. The lowest BCUT2D eigenvalue weighted by Crippen LogP contribution is -2.37. The minimum Gasteiger partial charge on any atom is -0.387 e. The van der Waals surface area contributed by atoms with Crippen LogP contribution >= 0.6 is 0 Å². The van der Waals surface area contributed by atoms with Gasteiger partial charge in [-0.05, 0) is 25.8 Å². The highest BCUT2D eigenvalue weighted by molar-refractivity contribution is 4.81. The summed E-state index contributed by atoms with van der Waals surface area (Å²) in [5.74, 6) is 0. The summed E-state index contributed by atoms with van der Waals surface area (Å²) in [6.45, 7) is 6.56. The van der Waals surface area contributed by atoms with E-state index in [1.165, 1.54) is 6.42 Å². The molecule has 0 heterocycles. The van der Waals surface area contributed by atoms with E-state index in [9.17, 15) is 5.11 Å². The van der Waals surface area contributed by atoms with Gasteiger partial charge in [-0.25, -0.2) is 0 Å². The van der Waals surface area contributed by atoms with Crippen molar-refractivity contribution in [1.82, 2.24) is 5.32 Å². The van der Waals surface area contributed by atoms with Crippen LogP contribution in [-0.2, 0) is 4.74 Å². The maximum atomic E-state index is 10.2. The van der Waals surface area contributed by atoms with Crippen molar-refractivity contribution in [1.29, 1.82) is 0 Å². The van der Waals surface area contributed by atoms with Crippen molar-refractivity contribution in [2.24, 2.45) is 0 Å². The molecule has 3 nitrogen and oxygen atoms in total. The van der Waals surface area contributed by atoms with Gasteiger partial charge in [-0.1, -0.05) is 33.1 Å². The molecule has 0 radical (unpaired) electrons. The topological polar surface area (TPSA) is 41.5 Å². The molecule has 0 spiro atoms. The van der Waals surface area contributed by atoms with E-state index in [-0.39, 0.29) is 0 Å². The second-order valence-corrected chi connectivity index (χ2v) is 5.30. The second-order valence-electron chi connectivity index (χ2n) is 5.30. The van der Waals surface area contributed by atoms with E-state index in [1.54, 1.807) is 0 Å². The maximum Gasteiger partial charge on any atom is 0.0880 e. The molecular formula is C13H27NO2. The molecule has 3 heteroatoms. The van der Waals surface area contributed by atoms with Crippen molar-refractivity contribution in [3.05, 3.63) is 0 Å². The number of aliphatic hydroxyl groups is 1. The van der Waals surface area contributed by atoms with Crippen LogP contribution in [0.3, 0.4) is 0 Å². The van der Waals surface area contributed by atoms with Gasteiger partial charge >= 0.3 is 0 Å². The Bertz CT molecular complexity index is 177. The third-order valence-corrected chi connectivity index (χ3v) is 3.17. The van der Waals surface area contributed by atoms with Crippen LogP contribution in [0.5, 0.6) is 0 Å². The van der Waals surface area contributed by atoms with Crippen molar-refractivity contribution < 1.29 is 9.84 Å². The first-order valence-corrected chi connectivity index (χ1v) is 6.66. The molecule has 0 saturated heterocycles. The molecule has 0 unspecified atom stereocenters. The summed E-state index contributed by atoms with van der Waals surface area (Å²) < 4.78 is 5.57. The lowest BCUT2D eigenvalue weighted by Gasteiger charge is -2.31. The summed E-state index contributed by atoms with van der Waals surface area (Å²) in [5.41, 5.74) is -0.524. The highest BCUT2D eigenvalue weighted by atomic mass is 16.5. The maximum absolute atomic E-state index is 10.2. The molecule has 96 valence electrons. The Kier molecular flexibility index (Phi) is 6.32. The molecule has 0 atom stereocenters. The molecule has 1 aliphatic carbocycles. The van der Waals surface area contributed by atoms with Gasteiger partial charge in [-0.15, -0.1) is 0 Å². The SMILES string of the molecule is CC(C)NCCCOCC1(O)CCCCC1. The first kappa shape index (κ1) is 13.9. The summed E-state index contributed by atoms with van der Waals surface area (Å²) in [6.07, 6.45) is 6.41. The number of hydrogen-bond acceptors (Lipinski definition) is 3. The van der Waals surface area contributed by atoms with Crippen LogP contribution in [0.2, 0.25) is 0 Å². The van der Waals surface area contributed by atoms with Crippen LogP contribution in [0.4, 0.5) is 0 Å². The molecule has 0 aromatic rings. The van der Waals surface area contributed by atoms with Crippen LogP contribution in [0.15, 0.2) is 0 Å². The highest BCUT2D eigenvalue weighted by Gasteiger charge is 2.28. The van der Waals surface area contributed by atoms with E-state index >= 15 is 0 Å². The van der Waals surface area contributed by atoms with E-state index < -0.39 is 5.60 Å². The molecule has 0 aromatic heterocycles. The zero-order valence-corrected chi connectivity index (χ0v) is 10.8. The van der Waals surface area contributed by atoms with Gasteiger partial charge in [0.15, 0.2) is 0 Å². The predicted molar refractivity (Wildman–Crippen MR) is 66.6 cm³/mol. The van der Waals surface area contributed by atoms with Gasteiger partial charge in [0.05, 0.1) is 12.2 Å². The minimum atomic E-state index is -0.524. The summed E-state index contributed by atoms with van der Waals surface area (Å²) in [5, 5.41) is 13.5. The Morgan fingerprint density at radius 3 is 2.56 bits per heavy atom. The first-order chi connectivity index (χ1) is 7.62. The smallest absolute Gasteiger partial charge is 0.0880 e. The zero-order valence-electron chi connectivity index (χ0n) is 10.8. The fourth-order valence-electron chi connectivity index (χ4n) is 2.18. The van der Waals surface area contributed by atoms with Crippen LogP contribution in [0.25, 0.3) is 0 Å². The molecule has 0 bridgehead atoms. The fourth-order valence-corrected chi connectivity index (χ4v) is 2.18. The van der Waals surface area contributed by atoms with E-state index in [0.717, 1.165) is 45.3 Å². The van der Waals surface area contributed by atoms with Gasteiger partial charge in [0.2, 0.25) is 0 Å². The lowest BCUT2D eigenvalue weighted by atomic mass is 9.86. The number of hydrogen-bond donors (Lipinski definition) is 2. The molecule has 1 rings (SSSR count). The van der Waals surface area contributed by atoms with Crippen molar-refractivity contribution in [2.45, 2.75) is 64.0 Å². The largest absolute Gasteiger partial charge is 0.387 e. The minimum absolute atomic E-state index is 0.522. The van der Waals surface area contributed by atoms with Gasteiger partial charge < -0.3 is 15.2 Å². The third-order valence-electron chi connectivity index (χ3n) is 3.17. The summed E-state index contributed by atoms with van der Waals surface area (Å²) in [4.78, 5) is 0. The molecule has 0 amide bonds. The first-order valence-electron chi connectivity index (χ1n) is 6.66. The molecule has 16 heavy (non-hydrogen) atoms. The fraction of sp³-hybridized carbons (Fsp3) is 1.00. The van der Waals surface area contributed by atoms with Gasteiger partial charge in [0.25, 0.3) is 0 Å². The molecule has 0 aliphatic heterocycles. The van der Waals surface area contributed by atoms with Gasteiger partial charge in [0.1, 0.15) is 0 Å². The number of rotatable bonds is 7. The van der Waals surface area contributed by atoms with Crippen LogP contribution < -0.4 is 5.32 Å². The molecule has 1 aliphatic rings. The van der Waals surface area contributed by atoms with E-state index in [0.29, 0.717) is 12.6 Å². The Hall–Kier alpha value is -0.120. The van der Waals surface area contributed by atoms with Crippen molar-refractivity contribution in [3.63, 3.8) is 0 Å². The van der Waals surface area contributed by atoms with Crippen molar-refractivity contribution in [2.75, 3.05) is 19.8 Å². The average molecular weight is 229 g/mol. The molecule has 2 N–H and O–H groups in total. The van der Waals surface area contributed by atoms with Crippen LogP contribution in [0, 0.1) is 0 Å². The Morgan fingerprint density at radius 2 is 1.94 bits per heavy atom. The quantitative estimate of drug-likeness (QED) is 0.657. The Morgan fingerprint density at radius 1 is 1.25 bits per heavy atom. The summed E-state index contributed by atoms with van der Waals surface area (Å²) >= 11 is 0. The van der Waals surface area contributed by atoms with E-state index in [1.807, 2.05) is 0 Å². The van der Waals surface area contributed by atoms with E-state index in [2.05, 4.69) is 19.2 Å². The van der Waals surface area contributed by atoms with Gasteiger partial charge in [-0.3, -0.25) is 0 Å². The highest BCUT2D eigenvalue weighted by Crippen LogP contribution is 2.28. The molecule has 1 fully saturated rings. The van der Waals surface area contributed by atoms with Crippen molar-refractivity contribution in [3.8, 4) is 0 Å². The molecule has 1 saturated carbocycles. The summed E-state index contributed by atoms with van der Waals surface area (Å²) in [6, 6.07) is 0.544. The van der Waals surface area contributed by atoms with Crippen LogP contribution in [-0.4, -0.2) is 36.5 Å². The normalized spacial score (nSPS) is 20.2. The van der Waals surface area contributed by atoms with Crippen LogP contribution in [0.1, 0.15) is 52.4 Å². The predicted octanol–water partition coefficient (Wildman–Crippen LogP) is 2.09. The lowest BCUT2D eigenvalue weighted by molar-refractivity contribution is -0.0685. The second kappa shape index (κ2) is 7.25. The van der Waals surface area contributed by atoms with Crippen molar-refractivity contribution >= 4 is 0 Å². The van der Waals surface area contributed by atoms with Gasteiger partial charge in [0, 0.05) is 12.6 Å². The number of ether oxygens (including phenoxy) is 1.